The first-order chi connectivity index (χ1) is 25.9. The van der Waals surface area contributed by atoms with E-state index in [-0.39, 0.29) is 18.7 Å². The van der Waals surface area contributed by atoms with Crippen molar-refractivity contribution < 1.29 is 38.6 Å². The van der Waals surface area contributed by atoms with E-state index >= 15 is 0 Å². The molecule has 0 spiro atoms. The maximum Gasteiger partial charge on any atom is 0.407 e. The summed E-state index contributed by atoms with van der Waals surface area (Å²) in [5.74, 6) is -1.18. The second-order valence-corrected chi connectivity index (χ2v) is 15.7. The third-order valence-corrected chi connectivity index (χ3v) is 9.24. The molecule has 0 bridgehead atoms. The summed E-state index contributed by atoms with van der Waals surface area (Å²) in [6.45, 7) is 10.9. The van der Waals surface area contributed by atoms with Gasteiger partial charge in [-0.25, -0.2) is 9.59 Å². The molecule has 5 amide bonds. The van der Waals surface area contributed by atoms with Crippen LogP contribution in [-0.4, -0.2) is 86.6 Å². The Morgan fingerprint density at radius 3 is 1.67 bits per heavy atom. The van der Waals surface area contributed by atoms with Gasteiger partial charge in [0.2, 0.25) is 11.8 Å². The van der Waals surface area contributed by atoms with E-state index in [4.69, 9.17) is 9.47 Å². The maximum atomic E-state index is 13.9. The summed E-state index contributed by atoms with van der Waals surface area (Å²) < 4.78 is 9.58. The van der Waals surface area contributed by atoms with Crippen molar-refractivity contribution >= 4 is 29.9 Å². The maximum absolute atomic E-state index is 13.9. The fourth-order valence-corrected chi connectivity index (χ4v) is 6.16. The van der Waals surface area contributed by atoms with E-state index in [9.17, 15) is 29.1 Å². The van der Waals surface area contributed by atoms with Crippen LogP contribution < -0.4 is 26.6 Å². The number of amides is 5. The molecular formula is C42H57N5O8. The number of carbonyl (C=O) groups excluding carboxylic acids is 5. The fraction of sp³-hybridized carbons (Fsp3) is 0.452. The molecule has 3 aromatic rings. The zero-order valence-corrected chi connectivity index (χ0v) is 33.3. The second kappa shape index (κ2) is 19.8. The zero-order valence-electron chi connectivity index (χ0n) is 33.3. The van der Waals surface area contributed by atoms with Crippen molar-refractivity contribution in [3.8, 4) is 11.1 Å². The Morgan fingerprint density at radius 1 is 0.636 bits per heavy atom. The standard InChI is InChI=1S/C42H57N5O8/c1-41(2,3)34(46-39(52)54-8)37(50)44-31(22-26-14-11-10-12-15-26)25-33(48)32(45-38(51)35(42(4,5)6)47-40(53)55-9)23-27-18-20-28(21-19-27)29-16-13-17-30(24-29)36(49)43-7/h10-21,24,31-35,48H,22-23,25H2,1-9H3,(H,43,49)(H,44,50)(H,45,51)(H,46,52)(H,47,53)/t31-,32-,33-,34+,35+/m0/s1. The Bertz CT molecular complexity index is 1750. The minimum Gasteiger partial charge on any atom is -0.453 e. The van der Waals surface area contributed by atoms with E-state index in [0.29, 0.717) is 12.0 Å². The fourth-order valence-electron chi connectivity index (χ4n) is 6.16. The van der Waals surface area contributed by atoms with E-state index in [1.807, 2.05) is 87.5 Å². The molecule has 13 nitrogen and oxygen atoms in total. The highest BCUT2D eigenvalue weighted by atomic mass is 16.5. The molecule has 6 N–H and O–H groups in total. The SMILES string of the molecule is CNC(=O)c1cccc(-c2ccc(C[C@H](NC(=O)[C@@H](NC(=O)OC)C(C)(C)C)[C@@H](O)C[C@H](Cc3ccccc3)NC(=O)[C@@H](NC(=O)OC)C(C)(C)C)cc2)c1. The van der Waals surface area contributed by atoms with Crippen LogP contribution in [0.2, 0.25) is 0 Å². The normalized spacial score (nSPS) is 14.2. The van der Waals surface area contributed by atoms with Gasteiger partial charge in [0.25, 0.3) is 5.91 Å². The van der Waals surface area contributed by atoms with Crippen LogP contribution in [0.3, 0.4) is 0 Å². The number of rotatable bonds is 15. The predicted molar refractivity (Wildman–Crippen MR) is 211 cm³/mol. The molecule has 0 aliphatic carbocycles. The lowest BCUT2D eigenvalue weighted by Gasteiger charge is -2.34. The van der Waals surface area contributed by atoms with E-state index in [1.165, 1.54) is 14.2 Å². The minimum absolute atomic E-state index is 0.0235. The molecule has 3 rings (SSSR count). The lowest BCUT2D eigenvalue weighted by Crippen LogP contribution is -2.59. The molecule has 13 heteroatoms. The molecule has 0 aliphatic heterocycles. The van der Waals surface area contributed by atoms with Gasteiger partial charge in [-0.1, -0.05) is 108 Å². The van der Waals surface area contributed by atoms with Crippen molar-refractivity contribution in [3.63, 3.8) is 0 Å². The van der Waals surface area contributed by atoms with Crippen LogP contribution in [0.15, 0.2) is 78.9 Å². The Morgan fingerprint density at radius 2 is 1.16 bits per heavy atom. The summed E-state index contributed by atoms with van der Waals surface area (Å²) in [6.07, 6.45) is -2.16. The van der Waals surface area contributed by atoms with E-state index < -0.39 is 65.1 Å². The Balaban J connectivity index is 1.99. The van der Waals surface area contributed by atoms with Gasteiger partial charge < -0.3 is 41.2 Å². The van der Waals surface area contributed by atoms with Gasteiger partial charge in [0.15, 0.2) is 0 Å². The lowest BCUT2D eigenvalue weighted by atomic mass is 9.85. The number of hydrogen-bond acceptors (Lipinski definition) is 8. The molecule has 0 saturated heterocycles. The Labute approximate surface area is 324 Å². The molecule has 0 unspecified atom stereocenters. The van der Waals surface area contributed by atoms with Gasteiger partial charge in [-0.3, -0.25) is 14.4 Å². The molecule has 0 saturated carbocycles. The number of alkyl carbamates (subject to hydrolysis) is 2. The quantitative estimate of drug-likeness (QED) is 0.128. The van der Waals surface area contributed by atoms with Crippen molar-refractivity contribution in [3.05, 3.63) is 95.6 Å². The summed E-state index contributed by atoms with van der Waals surface area (Å²) in [5.41, 5.74) is 2.52. The van der Waals surface area contributed by atoms with Gasteiger partial charge in [-0.15, -0.1) is 0 Å². The third kappa shape index (κ3) is 13.4. The van der Waals surface area contributed by atoms with Gasteiger partial charge in [-0.05, 0) is 64.5 Å². The summed E-state index contributed by atoms with van der Waals surface area (Å²) in [5, 5.41) is 25.9. The van der Waals surface area contributed by atoms with Crippen LogP contribution in [0.25, 0.3) is 11.1 Å². The average Bonchev–Trinajstić information content (AvgIpc) is 3.14. The topological polar surface area (TPSA) is 184 Å². The smallest absolute Gasteiger partial charge is 0.407 e. The summed E-state index contributed by atoms with van der Waals surface area (Å²) in [6, 6.07) is 20.8. The number of aliphatic hydroxyl groups excluding tert-OH is 1. The first-order valence-electron chi connectivity index (χ1n) is 18.3. The number of ether oxygens (including phenoxy) is 2. The molecule has 0 radical (unpaired) electrons. The molecular weight excluding hydrogens is 702 g/mol. The zero-order chi connectivity index (χ0) is 40.9. The summed E-state index contributed by atoms with van der Waals surface area (Å²) >= 11 is 0. The molecule has 0 heterocycles. The van der Waals surface area contributed by atoms with Crippen LogP contribution in [0, 0.1) is 10.8 Å². The average molecular weight is 760 g/mol. The third-order valence-electron chi connectivity index (χ3n) is 9.24. The van der Waals surface area contributed by atoms with Gasteiger partial charge in [0, 0.05) is 18.7 Å². The molecule has 5 atom stereocenters. The van der Waals surface area contributed by atoms with Crippen LogP contribution in [0.1, 0.15) is 69.4 Å². The molecule has 0 aromatic heterocycles. The van der Waals surface area contributed by atoms with Crippen LogP contribution in [0.5, 0.6) is 0 Å². The monoisotopic (exact) mass is 759 g/mol. The Kier molecular flexibility index (Phi) is 15.8. The highest BCUT2D eigenvalue weighted by molar-refractivity contribution is 5.95. The van der Waals surface area contributed by atoms with E-state index in [1.54, 1.807) is 40.0 Å². The molecule has 298 valence electrons. The number of methoxy groups -OCH3 is 2. The largest absolute Gasteiger partial charge is 0.453 e. The molecule has 0 aliphatic rings. The summed E-state index contributed by atoms with van der Waals surface area (Å²) in [4.78, 5) is 64.5. The summed E-state index contributed by atoms with van der Waals surface area (Å²) in [7, 11) is 4.01. The minimum atomic E-state index is -1.19. The highest BCUT2D eigenvalue weighted by Crippen LogP contribution is 2.25. The van der Waals surface area contributed by atoms with Crippen molar-refractivity contribution in [2.24, 2.45) is 10.8 Å². The number of aliphatic hydroxyl groups is 1. The van der Waals surface area contributed by atoms with Gasteiger partial charge in [0.05, 0.1) is 26.4 Å². The van der Waals surface area contributed by atoms with Gasteiger partial charge in [-0.2, -0.15) is 0 Å². The van der Waals surface area contributed by atoms with Gasteiger partial charge in [0.1, 0.15) is 12.1 Å². The van der Waals surface area contributed by atoms with E-state index in [2.05, 4.69) is 26.6 Å². The Hall–Kier alpha value is -5.43. The van der Waals surface area contributed by atoms with E-state index in [0.717, 1.165) is 22.3 Å². The van der Waals surface area contributed by atoms with Gasteiger partial charge >= 0.3 is 12.2 Å². The van der Waals surface area contributed by atoms with Crippen molar-refractivity contribution in [1.82, 2.24) is 26.6 Å². The molecule has 55 heavy (non-hydrogen) atoms. The number of hydrogen-bond donors (Lipinski definition) is 6. The highest BCUT2D eigenvalue weighted by Gasteiger charge is 2.37. The molecule has 3 aromatic carbocycles. The van der Waals surface area contributed by atoms with Crippen molar-refractivity contribution in [1.29, 1.82) is 0 Å². The lowest BCUT2D eigenvalue weighted by molar-refractivity contribution is -0.128. The van der Waals surface area contributed by atoms with Crippen molar-refractivity contribution in [2.75, 3.05) is 21.3 Å². The van der Waals surface area contributed by atoms with Crippen LogP contribution in [-0.2, 0) is 31.9 Å². The van der Waals surface area contributed by atoms with Crippen LogP contribution >= 0.6 is 0 Å². The van der Waals surface area contributed by atoms with Crippen molar-refractivity contribution in [2.45, 2.75) is 91.1 Å². The second-order valence-electron chi connectivity index (χ2n) is 15.7. The number of nitrogens with one attached hydrogen (secondary N) is 5. The predicted octanol–water partition coefficient (Wildman–Crippen LogP) is 4.76. The number of benzene rings is 3. The first kappa shape index (κ1) is 44.0. The molecule has 0 fully saturated rings. The van der Waals surface area contributed by atoms with Crippen LogP contribution in [0.4, 0.5) is 9.59 Å². The number of carbonyl (C=O) groups is 5. The first-order valence-corrected chi connectivity index (χ1v) is 18.3.